The van der Waals surface area contributed by atoms with Gasteiger partial charge >= 0.3 is 12.6 Å². The molecule has 228 valence electrons. The quantitative estimate of drug-likeness (QED) is 0.159. The van der Waals surface area contributed by atoms with E-state index in [1.807, 2.05) is 0 Å². The van der Waals surface area contributed by atoms with E-state index in [0.29, 0.717) is 17.1 Å². The van der Waals surface area contributed by atoms with Crippen LogP contribution in [0, 0.1) is 0 Å². The number of carbonyl (C=O) groups excluding carboxylic acids is 1. The number of para-hydroxylation sites is 1. The summed E-state index contributed by atoms with van der Waals surface area (Å²) < 4.78 is 41.2. The van der Waals surface area contributed by atoms with Crippen molar-refractivity contribution in [2.75, 3.05) is 30.6 Å². The minimum atomic E-state index is -3.65. The molecule has 13 nitrogen and oxygen atoms in total. The molecule has 17 heteroatoms. The number of carbonyl (C=O) groups is 1. The fraction of sp³-hybridized carbons (Fsp3) is 0.520. The van der Waals surface area contributed by atoms with Gasteiger partial charge in [-0.3, -0.25) is 13.9 Å². The Labute approximate surface area is 251 Å². The smallest absolute Gasteiger partial charge is 0.323 e. The highest BCUT2D eigenvalue weighted by molar-refractivity contribution is 8.09. The molecule has 0 radical (unpaired) electrons. The molecule has 0 spiro atoms. The van der Waals surface area contributed by atoms with Crippen LogP contribution < -0.4 is 20.2 Å². The van der Waals surface area contributed by atoms with Crippen molar-refractivity contribution in [2.24, 2.45) is 0 Å². The third kappa shape index (κ3) is 5.10. The van der Waals surface area contributed by atoms with Gasteiger partial charge in [0.15, 0.2) is 35.0 Å². The van der Waals surface area contributed by atoms with Crippen molar-refractivity contribution in [1.29, 1.82) is 0 Å². The summed E-state index contributed by atoms with van der Waals surface area (Å²) in [5.41, 5.74) is 2.56. The van der Waals surface area contributed by atoms with Crippen LogP contribution in [0.4, 0.5) is 16.2 Å². The maximum absolute atomic E-state index is 16.3. The van der Waals surface area contributed by atoms with Crippen LogP contribution in [0.2, 0.25) is 0 Å². The molecule has 1 aliphatic heterocycles. The number of imidazole rings is 1. The van der Waals surface area contributed by atoms with Gasteiger partial charge in [0, 0.05) is 14.1 Å². The van der Waals surface area contributed by atoms with E-state index in [1.165, 1.54) is 17.8 Å². The van der Waals surface area contributed by atoms with Crippen LogP contribution in [0.15, 0.2) is 36.7 Å². The molecular weight excluding hydrogens is 612 g/mol. The monoisotopic (exact) mass is 643 g/mol. The molecule has 3 heterocycles. The number of ether oxygens (including phenoxy) is 2. The van der Waals surface area contributed by atoms with Crippen LogP contribution in [0.25, 0.3) is 11.2 Å². The standard InChI is InChI=1S/C25H32ClFN7O6PS/c1-13(2)37-21(35)14(3)32-41(42,39-15-9-7-6-8-10-15)40-22-24(11-26)25(22,36)17(27)20(38-24)34-12-29-16-18(33(4)5)30-23(28)31-19(16)34/h6-10,12-14,17,20,22,36H,11H2,1-5H3,(H,32,42)(H2,28,30,31)/t14-,17-,20-,22?,24-,25-,41+/m1/s1. The van der Waals surface area contributed by atoms with Crippen LogP contribution in [0.5, 0.6) is 5.75 Å². The maximum atomic E-state index is 16.3. The lowest BCUT2D eigenvalue weighted by Gasteiger charge is -2.29. The van der Waals surface area contributed by atoms with E-state index in [1.54, 1.807) is 63.2 Å². The molecule has 1 saturated heterocycles. The molecule has 42 heavy (non-hydrogen) atoms. The molecule has 2 aromatic heterocycles. The van der Waals surface area contributed by atoms with Gasteiger partial charge in [0.05, 0.1) is 18.3 Å². The molecule has 0 amide bonds. The van der Waals surface area contributed by atoms with Crippen LogP contribution in [-0.2, 0) is 30.6 Å². The van der Waals surface area contributed by atoms with Gasteiger partial charge in [-0.25, -0.2) is 14.5 Å². The van der Waals surface area contributed by atoms with E-state index >= 15 is 4.39 Å². The van der Waals surface area contributed by atoms with Gasteiger partial charge in [-0.2, -0.15) is 9.97 Å². The summed E-state index contributed by atoms with van der Waals surface area (Å²) in [6.07, 6.45) is -3.80. The Morgan fingerprint density at radius 2 is 2.02 bits per heavy atom. The van der Waals surface area contributed by atoms with Crippen LogP contribution in [0.1, 0.15) is 27.0 Å². The number of hydrogen-bond acceptors (Lipinski definition) is 12. The lowest BCUT2D eigenvalue weighted by Crippen LogP contribution is -2.38. The summed E-state index contributed by atoms with van der Waals surface area (Å²) >= 11 is 12.1. The third-order valence-electron chi connectivity index (χ3n) is 7.01. The normalized spacial score (nSPS) is 28.7. The van der Waals surface area contributed by atoms with Crippen molar-refractivity contribution in [2.45, 2.75) is 62.6 Å². The van der Waals surface area contributed by atoms with Crippen molar-refractivity contribution in [3.05, 3.63) is 36.7 Å². The molecule has 1 saturated carbocycles. The predicted octanol–water partition coefficient (Wildman–Crippen LogP) is 2.68. The first kappa shape index (κ1) is 30.8. The van der Waals surface area contributed by atoms with Gasteiger partial charge in [0.25, 0.3) is 0 Å². The Bertz CT molecular complexity index is 1530. The van der Waals surface area contributed by atoms with E-state index in [0.717, 1.165) is 0 Å². The minimum absolute atomic E-state index is 0.0477. The molecule has 7 atom stereocenters. The number of fused-ring (bicyclic) bond motifs is 2. The average Bonchev–Trinajstić information content (AvgIpc) is 3.16. The molecular formula is C25H32ClFN7O6PS. The van der Waals surface area contributed by atoms with Crippen molar-refractivity contribution in [1.82, 2.24) is 24.6 Å². The summed E-state index contributed by atoms with van der Waals surface area (Å²) in [5, 5.41) is 14.6. The average molecular weight is 644 g/mol. The highest BCUT2D eigenvalue weighted by Crippen LogP contribution is 2.69. The van der Waals surface area contributed by atoms with Gasteiger partial charge in [0.1, 0.15) is 23.5 Å². The number of benzene rings is 1. The molecule has 2 fully saturated rings. The number of nitrogen functional groups attached to an aromatic ring is 1. The molecule has 5 rings (SSSR count). The SMILES string of the molecule is CC(C)OC(=O)[C@@H](C)N[P@](=S)(Oc1ccccc1)OC1[C@@]2(CCl)O[C@@H](n3cnc4c(N(C)C)nc(N)nc43)[C@@H](F)[C@@]12O. The van der Waals surface area contributed by atoms with Gasteiger partial charge in [0.2, 0.25) is 5.95 Å². The molecule has 1 aromatic carbocycles. The fourth-order valence-corrected chi connectivity index (χ4v) is 8.11. The van der Waals surface area contributed by atoms with E-state index in [-0.39, 0.29) is 23.6 Å². The number of halogens is 2. The third-order valence-corrected chi connectivity index (χ3v) is 9.84. The summed E-state index contributed by atoms with van der Waals surface area (Å²) in [6.45, 7) is 1.30. The second-order valence-corrected chi connectivity index (χ2v) is 14.0. The summed E-state index contributed by atoms with van der Waals surface area (Å²) in [5.74, 6) is -0.218. The molecule has 1 aliphatic carbocycles. The number of nitrogens with zero attached hydrogens (tertiary/aromatic N) is 5. The lowest BCUT2D eigenvalue weighted by molar-refractivity contribution is -0.149. The number of anilines is 2. The second-order valence-electron chi connectivity index (χ2n) is 10.6. The zero-order valence-electron chi connectivity index (χ0n) is 23.5. The number of alkyl halides is 2. The Morgan fingerprint density at radius 3 is 2.62 bits per heavy atom. The topological polar surface area (TPSA) is 159 Å². The van der Waals surface area contributed by atoms with Gasteiger partial charge in [-0.1, -0.05) is 18.2 Å². The van der Waals surface area contributed by atoms with Crippen LogP contribution >= 0.6 is 18.2 Å². The van der Waals surface area contributed by atoms with E-state index in [4.69, 9.17) is 47.7 Å². The van der Waals surface area contributed by atoms with Crippen LogP contribution in [0.3, 0.4) is 0 Å². The molecule has 2 aliphatic rings. The van der Waals surface area contributed by atoms with Crippen molar-refractivity contribution < 1.29 is 32.8 Å². The second kappa shape index (κ2) is 11.1. The zero-order valence-corrected chi connectivity index (χ0v) is 25.9. The van der Waals surface area contributed by atoms with E-state index in [9.17, 15) is 9.90 Å². The van der Waals surface area contributed by atoms with Crippen molar-refractivity contribution in [3.8, 4) is 5.75 Å². The number of aromatic nitrogens is 4. The Balaban J connectivity index is 1.44. The number of aliphatic hydroxyl groups is 1. The van der Waals surface area contributed by atoms with E-state index in [2.05, 4.69) is 20.0 Å². The highest BCUT2D eigenvalue weighted by atomic mass is 35.5. The molecule has 1 unspecified atom stereocenters. The predicted molar refractivity (Wildman–Crippen MR) is 158 cm³/mol. The lowest BCUT2D eigenvalue weighted by atomic mass is 10.1. The Hall–Kier alpha value is -2.65. The largest absolute Gasteiger partial charge is 0.462 e. The molecule has 4 N–H and O–H groups in total. The first-order valence-corrected chi connectivity index (χ1v) is 16.2. The first-order chi connectivity index (χ1) is 19.8. The van der Waals surface area contributed by atoms with E-state index < -0.39 is 48.4 Å². The van der Waals surface area contributed by atoms with Gasteiger partial charge in [-0.05, 0) is 44.7 Å². The van der Waals surface area contributed by atoms with Crippen molar-refractivity contribution in [3.63, 3.8) is 0 Å². The minimum Gasteiger partial charge on any atom is -0.462 e. The molecule has 0 bridgehead atoms. The number of rotatable bonds is 11. The first-order valence-electron chi connectivity index (χ1n) is 13.0. The zero-order chi connectivity index (χ0) is 30.6. The summed E-state index contributed by atoms with van der Waals surface area (Å²) in [7, 11) is 3.51. The van der Waals surface area contributed by atoms with Crippen molar-refractivity contribution >= 4 is 58.9 Å². The number of nitrogens with two attached hydrogens (primary N) is 1. The Kier molecular flexibility index (Phi) is 8.16. The number of nitrogens with one attached hydrogen (secondary N) is 1. The summed E-state index contributed by atoms with van der Waals surface area (Å²) in [4.78, 5) is 27.0. The van der Waals surface area contributed by atoms with Crippen LogP contribution in [-0.4, -0.2) is 86.2 Å². The summed E-state index contributed by atoms with van der Waals surface area (Å²) in [6, 6.07) is 7.57. The van der Waals surface area contributed by atoms with Gasteiger partial charge in [-0.15, -0.1) is 11.6 Å². The molecule has 3 aromatic rings. The highest BCUT2D eigenvalue weighted by Gasteiger charge is 2.89. The number of esters is 1. The Morgan fingerprint density at radius 1 is 1.33 bits per heavy atom. The van der Waals surface area contributed by atoms with Gasteiger partial charge < -0.3 is 29.7 Å². The number of hydrogen-bond donors (Lipinski definition) is 3. The fourth-order valence-electron chi connectivity index (χ4n) is 4.96. The maximum Gasteiger partial charge on any atom is 0.323 e.